The lowest BCUT2D eigenvalue weighted by atomic mass is 9.93. The Bertz CT molecular complexity index is 492. The van der Waals surface area contributed by atoms with Crippen molar-refractivity contribution in [1.29, 1.82) is 0 Å². The lowest BCUT2D eigenvalue weighted by molar-refractivity contribution is -0.137. The molecule has 1 aliphatic rings. The molecule has 7 heteroatoms. The number of carboxylic acid groups (broad SMARTS) is 1. The van der Waals surface area contributed by atoms with Crippen molar-refractivity contribution in [2.75, 3.05) is 18.4 Å². The standard InChI is InChI=1S/C14H22N4O3/c1-2-3-11-4-6-17(7-5-11)14(21)16-12-8-15-18(9-12)10-13(19)20/h8-9,11H,2-7,10H2,1H3,(H,16,21)(H,19,20). The van der Waals surface area contributed by atoms with Gasteiger partial charge in [-0.05, 0) is 18.8 Å². The van der Waals surface area contributed by atoms with Crippen LogP contribution in [0, 0.1) is 5.92 Å². The van der Waals surface area contributed by atoms with Crippen LogP contribution in [0.15, 0.2) is 12.4 Å². The number of nitrogens with zero attached hydrogens (tertiary/aromatic N) is 3. The van der Waals surface area contributed by atoms with Gasteiger partial charge in [-0.25, -0.2) is 4.79 Å². The lowest BCUT2D eigenvalue weighted by Crippen LogP contribution is -2.41. The zero-order valence-electron chi connectivity index (χ0n) is 12.3. The number of likely N-dealkylation sites (tertiary alicyclic amines) is 1. The molecule has 0 unspecified atom stereocenters. The maximum atomic E-state index is 12.1. The zero-order chi connectivity index (χ0) is 15.2. The molecule has 2 heterocycles. The summed E-state index contributed by atoms with van der Waals surface area (Å²) in [6, 6.07) is -0.139. The summed E-state index contributed by atoms with van der Waals surface area (Å²) in [5, 5.41) is 15.3. The highest BCUT2D eigenvalue weighted by atomic mass is 16.4. The van der Waals surface area contributed by atoms with Gasteiger partial charge in [0.15, 0.2) is 0 Å². The highest BCUT2D eigenvalue weighted by Gasteiger charge is 2.22. The number of anilines is 1. The molecule has 0 atom stereocenters. The van der Waals surface area contributed by atoms with E-state index in [-0.39, 0.29) is 12.6 Å². The molecule has 2 rings (SSSR count). The predicted molar refractivity (Wildman–Crippen MR) is 78.1 cm³/mol. The molecule has 116 valence electrons. The Hall–Kier alpha value is -2.05. The fourth-order valence-electron chi connectivity index (χ4n) is 2.69. The van der Waals surface area contributed by atoms with Gasteiger partial charge in [0, 0.05) is 19.3 Å². The number of carbonyl (C=O) groups is 2. The molecule has 0 aliphatic carbocycles. The second-order valence-corrected chi connectivity index (χ2v) is 5.47. The molecule has 2 amide bonds. The van der Waals surface area contributed by atoms with Gasteiger partial charge in [-0.15, -0.1) is 0 Å². The Labute approximate surface area is 123 Å². The lowest BCUT2D eigenvalue weighted by Gasteiger charge is -2.31. The minimum Gasteiger partial charge on any atom is -0.480 e. The maximum Gasteiger partial charge on any atom is 0.325 e. The molecule has 0 aromatic carbocycles. The van der Waals surface area contributed by atoms with Gasteiger partial charge >= 0.3 is 12.0 Å². The van der Waals surface area contributed by atoms with Gasteiger partial charge in [-0.1, -0.05) is 19.8 Å². The Morgan fingerprint density at radius 2 is 2.14 bits per heavy atom. The summed E-state index contributed by atoms with van der Waals surface area (Å²) in [5.41, 5.74) is 0.525. The van der Waals surface area contributed by atoms with Crippen LogP contribution in [0.4, 0.5) is 10.5 Å². The first kappa shape index (κ1) is 15.3. The summed E-state index contributed by atoms with van der Waals surface area (Å²) in [5.74, 6) is -0.230. The molecule has 0 spiro atoms. The van der Waals surface area contributed by atoms with E-state index in [4.69, 9.17) is 5.11 Å². The molecule has 7 nitrogen and oxygen atoms in total. The van der Waals surface area contributed by atoms with Crippen molar-refractivity contribution in [2.45, 2.75) is 39.2 Å². The molecule has 0 saturated carbocycles. The highest BCUT2D eigenvalue weighted by molar-refractivity contribution is 5.89. The average molecular weight is 294 g/mol. The monoisotopic (exact) mass is 294 g/mol. The van der Waals surface area contributed by atoms with E-state index in [9.17, 15) is 9.59 Å². The Balaban J connectivity index is 1.82. The predicted octanol–water partition coefficient (Wildman–Crippen LogP) is 2.01. The summed E-state index contributed by atoms with van der Waals surface area (Å²) in [6.07, 6.45) is 7.52. The molecule has 1 saturated heterocycles. The number of amides is 2. The van der Waals surface area contributed by atoms with Crippen LogP contribution in [-0.4, -0.2) is 44.9 Å². The van der Waals surface area contributed by atoms with Crippen molar-refractivity contribution >= 4 is 17.7 Å². The van der Waals surface area contributed by atoms with Gasteiger partial charge in [0.25, 0.3) is 0 Å². The van der Waals surface area contributed by atoms with E-state index < -0.39 is 5.97 Å². The number of aromatic nitrogens is 2. The third-order valence-corrected chi connectivity index (χ3v) is 3.78. The molecule has 1 fully saturated rings. The minimum absolute atomic E-state index is 0.139. The molecule has 1 aromatic heterocycles. The first-order valence-corrected chi connectivity index (χ1v) is 7.38. The average Bonchev–Trinajstić information content (AvgIpc) is 2.86. The van der Waals surface area contributed by atoms with Crippen molar-refractivity contribution < 1.29 is 14.7 Å². The van der Waals surface area contributed by atoms with Gasteiger partial charge in [-0.2, -0.15) is 5.10 Å². The van der Waals surface area contributed by atoms with Crippen LogP contribution in [0.2, 0.25) is 0 Å². The quantitative estimate of drug-likeness (QED) is 0.869. The Kier molecular flexibility index (Phi) is 5.19. The molecule has 0 bridgehead atoms. The number of rotatable bonds is 5. The van der Waals surface area contributed by atoms with Crippen molar-refractivity contribution in [1.82, 2.24) is 14.7 Å². The number of piperidine rings is 1. The second-order valence-electron chi connectivity index (χ2n) is 5.47. The number of urea groups is 1. The molecular formula is C14H22N4O3. The van der Waals surface area contributed by atoms with Crippen LogP contribution in [0.5, 0.6) is 0 Å². The fourth-order valence-corrected chi connectivity index (χ4v) is 2.69. The van der Waals surface area contributed by atoms with Crippen LogP contribution < -0.4 is 5.32 Å². The van der Waals surface area contributed by atoms with Gasteiger partial charge < -0.3 is 15.3 Å². The summed E-state index contributed by atoms with van der Waals surface area (Å²) in [4.78, 5) is 24.5. The van der Waals surface area contributed by atoms with E-state index in [1.165, 1.54) is 29.9 Å². The molecular weight excluding hydrogens is 272 g/mol. The first-order valence-electron chi connectivity index (χ1n) is 7.38. The third-order valence-electron chi connectivity index (χ3n) is 3.78. The number of hydrogen-bond acceptors (Lipinski definition) is 3. The van der Waals surface area contributed by atoms with Crippen LogP contribution >= 0.6 is 0 Å². The van der Waals surface area contributed by atoms with Crippen molar-refractivity contribution in [3.63, 3.8) is 0 Å². The smallest absolute Gasteiger partial charge is 0.325 e. The Morgan fingerprint density at radius 3 is 2.76 bits per heavy atom. The van der Waals surface area contributed by atoms with Crippen molar-refractivity contribution in [3.8, 4) is 0 Å². The van der Waals surface area contributed by atoms with Crippen LogP contribution in [-0.2, 0) is 11.3 Å². The van der Waals surface area contributed by atoms with Gasteiger partial charge in [0.2, 0.25) is 0 Å². The highest BCUT2D eigenvalue weighted by Crippen LogP contribution is 2.22. The summed E-state index contributed by atoms with van der Waals surface area (Å²) < 4.78 is 1.28. The molecule has 21 heavy (non-hydrogen) atoms. The number of carbonyl (C=O) groups excluding carboxylic acids is 1. The van der Waals surface area contributed by atoms with Crippen LogP contribution in [0.1, 0.15) is 32.6 Å². The van der Waals surface area contributed by atoms with Crippen LogP contribution in [0.25, 0.3) is 0 Å². The van der Waals surface area contributed by atoms with E-state index in [0.29, 0.717) is 5.69 Å². The van der Waals surface area contributed by atoms with E-state index in [1.807, 2.05) is 0 Å². The van der Waals surface area contributed by atoms with Crippen molar-refractivity contribution in [3.05, 3.63) is 12.4 Å². The van der Waals surface area contributed by atoms with Crippen LogP contribution in [0.3, 0.4) is 0 Å². The molecule has 1 aromatic rings. The Morgan fingerprint density at radius 1 is 1.43 bits per heavy atom. The van der Waals surface area contributed by atoms with Gasteiger partial charge in [0.05, 0.1) is 11.9 Å². The maximum absolute atomic E-state index is 12.1. The van der Waals surface area contributed by atoms with E-state index in [0.717, 1.165) is 31.8 Å². The molecule has 0 radical (unpaired) electrons. The topological polar surface area (TPSA) is 87.5 Å². The SMILES string of the molecule is CCCC1CCN(C(=O)Nc2cnn(CC(=O)O)c2)CC1. The van der Waals surface area contributed by atoms with Gasteiger partial charge in [-0.3, -0.25) is 9.48 Å². The number of aliphatic carboxylic acids is 1. The van der Waals surface area contributed by atoms with E-state index in [2.05, 4.69) is 17.3 Å². The number of nitrogens with one attached hydrogen (secondary N) is 1. The molecule has 1 aliphatic heterocycles. The second kappa shape index (κ2) is 7.10. The minimum atomic E-state index is -0.964. The summed E-state index contributed by atoms with van der Waals surface area (Å²) >= 11 is 0. The molecule has 2 N–H and O–H groups in total. The first-order chi connectivity index (χ1) is 10.1. The number of hydrogen-bond donors (Lipinski definition) is 2. The van der Waals surface area contributed by atoms with E-state index >= 15 is 0 Å². The summed E-state index contributed by atoms with van der Waals surface area (Å²) in [7, 11) is 0. The normalized spacial score (nSPS) is 16.0. The number of carboxylic acids is 1. The zero-order valence-corrected chi connectivity index (χ0v) is 12.3. The van der Waals surface area contributed by atoms with Gasteiger partial charge in [0.1, 0.15) is 6.54 Å². The fraction of sp³-hybridized carbons (Fsp3) is 0.643. The third kappa shape index (κ3) is 4.47. The summed E-state index contributed by atoms with van der Waals surface area (Å²) in [6.45, 7) is 3.53. The largest absolute Gasteiger partial charge is 0.480 e. The van der Waals surface area contributed by atoms with Crippen molar-refractivity contribution in [2.24, 2.45) is 5.92 Å². The van der Waals surface area contributed by atoms with E-state index in [1.54, 1.807) is 4.90 Å².